The van der Waals surface area contributed by atoms with Crippen LogP contribution in [-0.2, 0) is 16.1 Å². The Kier molecular flexibility index (Phi) is 5.98. The molecular formula is C23H30F2N2O3. The van der Waals surface area contributed by atoms with Crippen LogP contribution in [0.2, 0.25) is 0 Å². The molecule has 4 aliphatic carbocycles. The zero-order chi connectivity index (χ0) is 21.3. The number of benzene rings is 1. The van der Waals surface area contributed by atoms with Gasteiger partial charge in [0.05, 0.1) is 6.54 Å². The number of ether oxygens (including phenoxy) is 1. The molecule has 7 heteroatoms. The molecule has 1 aromatic carbocycles. The lowest BCUT2D eigenvalue weighted by molar-refractivity contribution is -0.135. The summed E-state index contributed by atoms with van der Waals surface area (Å²) in [5.74, 6) is 2.28. The van der Waals surface area contributed by atoms with Gasteiger partial charge >= 0.3 is 6.61 Å². The van der Waals surface area contributed by atoms with Crippen LogP contribution in [0, 0.1) is 23.2 Å². The van der Waals surface area contributed by atoms with Crippen molar-refractivity contribution in [3.05, 3.63) is 29.8 Å². The minimum absolute atomic E-state index is 0.0196. The van der Waals surface area contributed by atoms with Crippen LogP contribution in [-0.4, -0.2) is 36.9 Å². The third-order valence-electron chi connectivity index (χ3n) is 7.13. The summed E-state index contributed by atoms with van der Waals surface area (Å²) in [6, 6.07) is 6.19. The van der Waals surface area contributed by atoms with E-state index in [1.54, 1.807) is 19.2 Å². The van der Waals surface area contributed by atoms with Gasteiger partial charge in [0, 0.05) is 20.0 Å². The summed E-state index contributed by atoms with van der Waals surface area (Å²) in [6.45, 7) is -2.55. The van der Waals surface area contributed by atoms with E-state index in [0.29, 0.717) is 13.0 Å². The van der Waals surface area contributed by atoms with Crippen LogP contribution in [0.4, 0.5) is 8.78 Å². The van der Waals surface area contributed by atoms with Crippen molar-refractivity contribution in [1.82, 2.24) is 10.2 Å². The van der Waals surface area contributed by atoms with Gasteiger partial charge in [0.15, 0.2) is 0 Å². The number of hydrogen-bond donors (Lipinski definition) is 1. The van der Waals surface area contributed by atoms with Crippen molar-refractivity contribution in [2.75, 3.05) is 13.6 Å². The minimum Gasteiger partial charge on any atom is -0.435 e. The summed E-state index contributed by atoms with van der Waals surface area (Å²) >= 11 is 0. The van der Waals surface area contributed by atoms with Crippen LogP contribution in [0.1, 0.15) is 50.5 Å². The number of hydrogen-bond acceptors (Lipinski definition) is 3. The first kappa shape index (κ1) is 21.1. The fourth-order valence-corrected chi connectivity index (χ4v) is 6.36. The van der Waals surface area contributed by atoms with Crippen LogP contribution < -0.4 is 10.1 Å². The van der Waals surface area contributed by atoms with E-state index in [0.717, 1.165) is 23.3 Å². The third-order valence-corrected chi connectivity index (χ3v) is 7.13. The Hall–Kier alpha value is -2.18. The number of carbonyl (C=O) groups is 2. The number of carbonyl (C=O) groups excluding carboxylic acids is 2. The number of likely N-dealkylation sites (N-methyl/N-ethyl adjacent to an activating group) is 1. The third kappa shape index (κ3) is 4.93. The maximum Gasteiger partial charge on any atom is 0.387 e. The summed E-state index contributed by atoms with van der Waals surface area (Å²) in [7, 11) is 1.66. The van der Waals surface area contributed by atoms with Crippen molar-refractivity contribution in [2.45, 2.75) is 58.1 Å². The maximum absolute atomic E-state index is 12.6. The van der Waals surface area contributed by atoms with E-state index in [9.17, 15) is 18.4 Å². The highest BCUT2D eigenvalue weighted by Crippen LogP contribution is 2.61. The second kappa shape index (κ2) is 8.52. The highest BCUT2D eigenvalue weighted by molar-refractivity contribution is 5.84. The van der Waals surface area contributed by atoms with Gasteiger partial charge in [0.1, 0.15) is 5.75 Å². The predicted molar refractivity (Wildman–Crippen MR) is 108 cm³/mol. The first-order valence-electron chi connectivity index (χ1n) is 10.8. The molecule has 2 amide bonds. The van der Waals surface area contributed by atoms with Gasteiger partial charge in [-0.1, -0.05) is 12.1 Å². The molecule has 0 aliphatic heterocycles. The molecule has 4 fully saturated rings. The topological polar surface area (TPSA) is 58.6 Å². The Morgan fingerprint density at radius 1 is 1.10 bits per heavy atom. The largest absolute Gasteiger partial charge is 0.435 e. The molecule has 0 radical (unpaired) electrons. The molecule has 4 aliphatic rings. The molecule has 0 aromatic heterocycles. The molecule has 1 N–H and O–H groups in total. The lowest BCUT2D eigenvalue weighted by Gasteiger charge is -2.56. The molecule has 5 rings (SSSR count). The number of alkyl halides is 2. The van der Waals surface area contributed by atoms with Crippen molar-refractivity contribution in [1.29, 1.82) is 0 Å². The molecule has 0 saturated heterocycles. The molecule has 4 saturated carbocycles. The standard InChI is InChI=1S/C23H30F2N2O3/c1-27(14-15-2-4-19(5-3-15)30-22(24)25)21(29)13-26-20(28)12-23-9-16-6-17(10-23)8-18(7-16)11-23/h2-5,16-18,22H,6-14H2,1H3,(H,26,28). The monoisotopic (exact) mass is 420 g/mol. The molecule has 4 bridgehead atoms. The minimum atomic E-state index is -2.86. The molecule has 164 valence electrons. The predicted octanol–water partition coefficient (Wildman–Crippen LogP) is 3.97. The average Bonchev–Trinajstić information content (AvgIpc) is 2.65. The summed E-state index contributed by atoms with van der Waals surface area (Å²) < 4.78 is 28.8. The molecule has 30 heavy (non-hydrogen) atoms. The van der Waals surface area contributed by atoms with Crippen LogP contribution in [0.25, 0.3) is 0 Å². The lowest BCUT2D eigenvalue weighted by atomic mass is 9.49. The SMILES string of the molecule is CN(Cc1ccc(OC(F)F)cc1)C(=O)CNC(=O)CC12CC3CC(CC(C3)C1)C2. The second-order valence-electron chi connectivity index (χ2n) is 9.64. The normalized spacial score (nSPS) is 29.1. The van der Waals surface area contributed by atoms with Crippen molar-refractivity contribution in [3.8, 4) is 5.75 Å². The van der Waals surface area contributed by atoms with Gasteiger partial charge in [-0.15, -0.1) is 0 Å². The van der Waals surface area contributed by atoms with Gasteiger partial charge in [-0.3, -0.25) is 9.59 Å². The van der Waals surface area contributed by atoms with Crippen molar-refractivity contribution < 1.29 is 23.1 Å². The molecule has 0 heterocycles. The zero-order valence-electron chi connectivity index (χ0n) is 17.4. The van der Waals surface area contributed by atoms with Crippen LogP contribution in [0.15, 0.2) is 24.3 Å². The van der Waals surface area contributed by atoms with Gasteiger partial charge in [0.25, 0.3) is 0 Å². The van der Waals surface area contributed by atoms with E-state index in [1.165, 1.54) is 55.6 Å². The maximum atomic E-state index is 12.6. The fraction of sp³-hybridized carbons (Fsp3) is 0.652. The number of amides is 2. The van der Waals surface area contributed by atoms with E-state index in [2.05, 4.69) is 10.1 Å². The fourth-order valence-electron chi connectivity index (χ4n) is 6.36. The lowest BCUT2D eigenvalue weighted by Crippen LogP contribution is -2.48. The first-order chi connectivity index (χ1) is 14.3. The molecule has 5 nitrogen and oxygen atoms in total. The molecular weight excluding hydrogens is 390 g/mol. The zero-order valence-corrected chi connectivity index (χ0v) is 17.4. The number of nitrogens with zero attached hydrogens (tertiary/aromatic N) is 1. The summed E-state index contributed by atoms with van der Waals surface area (Å²) in [5, 5.41) is 2.82. The summed E-state index contributed by atoms with van der Waals surface area (Å²) in [5.41, 5.74) is 0.961. The Morgan fingerprint density at radius 2 is 1.67 bits per heavy atom. The van der Waals surface area contributed by atoms with Gasteiger partial charge < -0.3 is 15.0 Å². The second-order valence-corrected chi connectivity index (χ2v) is 9.64. The van der Waals surface area contributed by atoms with E-state index < -0.39 is 6.61 Å². The van der Waals surface area contributed by atoms with Gasteiger partial charge in [-0.25, -0.2) is 0 Å². The summed E-state index contributed by atoms with van der Waals surface area (Å²) in [6.07, 6.45) is 8.10. The average molecular weight is 421 g/mol. The van der Waals surface area contributed by atoms with Crippen LogP contribution >= 0.6 is 0 Å². The Balaban J connectivity index is 1.22. The van der Waals surface area contributed by atoms with Gasteiger partial charge in [-0.05, 0) is 79.4 Å². The quantitative estimate of drug-likeness (QED) is 0.692. The van der Waals surface area contributed by atoms with E-state index >= 15 is 0 Å². The van der Waals surface area contributed by atoms with Crippen LogP contribution in [0.5, 0.6) is 5.75 Å². The Labute approximate surface area is 176 Å². The first-order valence-corrected chi connectivity index (χ1v) is 10.8. The molecule has 0 atom stereocenters. The van der Waals surface area contributed by atoms with E-state index in [-0.39, 0.29) is 29.5 Å². The van der Waals surface area contributed by atoms with Crippen molar-refractivity contribution in [2.24, 2.45) is 23.2 Å². The molecule has 1 aromatic rings. The summed E-state index contributed by atoms with van der Waals surface area (Å²) in [4.78, 5) is 26.5. The van der Waals surface area contributed by atoms with Gasteiger partial charge in [0.2, 0.25) is 11.8 Å². The van der Waals surface area contributed by atoms with Crippen LogP contribution in [0.3, 0.4) is 0 Å². The molecule has 0 unspecified atom stereocenters. The highest BCUT2D eigenvalue weighted by Gasteiger charge is 2.51. The van der Waals surface area contributed by atoms with E-state index in [4.69, 9.17) is 0 Å². The van der Waals surface area contributed by atoms with E-state index in [1.807, 2.05) is 0 Å². The number of nitrogens with one attached hydrogen (secondary N) is 1. The van der Waals surface area contributed by atoms with Crippen molar-refractivity contribution in [3.63, 3.8) is 0 Å². The molecule has 0 spiro atoms. The highest BCUT2D eigenvalue weighted by atomic mass is 19.3. The van der Waals surface area contributed by atoms with Crippen molar-refractivity contribution >= 4 is 11.8 Å². The van der Waals surface area contributed by atoms with Gasteiger partial charge in [-0.2, -0.15) is 8.78 Å². The Bertz CT molecular complexity index is 746. The Morgan fingerprint density at radius 3 is 2.20 bits per heavy atom. The smallest absolute Gasteiger partial charge is 0.387 e. The number of rotatable bonds is 8. The number of halogens is 2.